The molecule has 0 saturated carbocycles. The van der Waals surface area contributed by atoms with Gasteiger partial charge in [0.2, 0.25) is 5.52 Å². The number of hydrogen-bond acceptors (Lipinski definition) is 5. The van der Waals surface area contributed by atoms with Gasteiger partial charge in [0, 0.05) is 0 Å². The molecular weight excluding hydrogens is 468 g/mol. The summed E-state index contributed by atoms with van der Waals surface area (Å²) in [6.07, 6.45) is 2.40. The number of hydrogen-bond donors (Lipinski definition) is 7. The van der Waals surface area contributed by atoms with Crippen LogP contribution in [0.15, 0.2) is 42.5 Å². The van der Waals surface area contributed by atoms with E-state index < -0.39 is 20.7 Å². The molecule has 0 radical (unpaired) electrons. The van der Waals surface area contributed by atoms with E-state index in [1.807, 2.05) is 24.3 Å². The van der Waals surface area contributed by atoms with E-state index in [-0.39, 0.29) is 29.9 Å². The van der Waals surface area contributed by atoms with Gasteiger partial charge in [0.1, 0.15) is 11.5 Å². The predicted molar refractivity (Wildman–Crippen MR) is 126 cm³/mol. The van der Waals surface area contributed by atoms with Crippen molar-refractivity contribution >= 4 is 15.2 Å². The SMILES string of the molecule is CCC(c1ccc(O)cc1)C(CC)c1ccc(O)c(CCCNC(P(=O)(O)O)P(=O)(O)O)c1. The second-order valence-electron chi connectivity index (χ2n) is 8.12. The molecule has 2 unspecified atom stereocenters. The lowest BCUT2D eigenvalue weighted by atomic mass is 9.78. The minimum atomic E-state index is -5.03. The Bertz CT molecular complexity index is 980. The van der Waals surface area contributed by atoms with E-state index in [0.717, 1.165) is 24.0 Å². The summed E-state index contributed by atoms with van der Waals surface area (Å²) in [7, 11) is -10.1. The van der Waals surface area contributed by atoms with Crippen molar-refractivity contribution < 1.29 is 38.9 Å². The Balaban J connectivity index is 2.15. The molecule has 0 heterocycles. The number of phenolic OH excluding ortho intramolecular Hbond substituents is 2. The first kappa shape index (κ1) is 27.5. The molecule has 0 aromatic heterocycles. The van der Waals surface area contributed by atoms with Crippen molar-refractivity contribution in [1.29, 1.82) is 0 Å². The molecule has 0 amide bonds. The number of rotatable bonds is 12. The van der Waals surface area contributed by atoms with Crippen LogP contribution in [0.25, 0.3) is 0 Å². The zero-order valence-corrected chi connectivity index (χ0v) is 20.5. The van der Waals surface area contributed by atoms with Crippen LogP contribution in [0.5, 0.6) is 11.5 Å². The smallest absolute Gasteiger partial charge is 0.354 e. The molecule has 0 saturated heterocycles. The largest absolute Gasteiger partial charge is 0.508 e. The maximum Gasteiger partial charge on any atom is 0.354 e. The van der Waals surface area contributed by atoms with Gasteiger partial charge in [-0.3, -0.25) is 14.4 Å². The normalized spacial score (nSPS) is 14.4. The number of nitrogens with one attached hydrogen (secondary N) is 1. The van der Waals surface area contributed by atoms with E-state index in [2.05, 4.69) is 19.2 Å². The number of benzene rings is 2. The van der Waals surface area contributed by atoms with Gasteiger partial charge in [-0.25, -0.2) is 0 Å². The van der Waals surface area contributed by atoms with Crippen molar-refractivity contribution in [1.82, 2.24) is 5.32 Å². The van der Waals surface area contributed by atoms with Gasteiger partial charge in [0.25, 0.3) is 0 Å². The molecule has 0 fully saturated rings. The second kappa shape index (κ2) is 11.6. The van der Waals surface area contributed by atoms with Gasteiger partial charge >= 0.3 is 15.2 Å². The third-order valence-electron chi connectivity index (χ3n) is 5.81. The van der Waals surface area contributed by atoms with E-state index in [1.54, 1.807) is 18.2 Å². The Morgan fingerprint density at radius 1 is 0.818 bits per heavy atom. The highest BCUT2D eigenvalue weighted by Crippen LogP contribution is 2.58. The summed E-state index contributed by atoms with van der Waals surface area (Å²) in [6.45, 7) is 4.15. The summed E-state index contributed by atoms with van der Waals surface area (Å²) in [5, 5.41) is 22.2. The quantitative estimate of drug-likeness (QED) is 0.168. The van der Waals surface area contributed by atoms with Crippen LogP contribution >= 0.6 is 15.2 Å². The van der Waals surface area contributed by atoms with E-state index in [1.165, 1.54) is 0 Å². The molecule has 9 nitrogen and oxygen atoms in total. The maximum atomic E-state index is 11.4. The molecule has 0 aliphatic rings. The van der Waals surface area contributed by atoms with Crippen LogP contribution in [0.1, 0.15) is 61.6 Å². The summed E-state index contributed by atoms with van der Waals surface area (Å²) in [4.78, 5) is 36.7. The molecule has 2 aromatic rings. The Hall–Kier alpha value is -1.70. The molecular formula is C22H33NO8P2. The fourth-order valence-corrected chi connectivity index (χ4v) is 6.51. The standard InChI is InChI=1S/C22H33NO8P2/c1-3-19(15-7-10-18(24)11-8-15)20(4-2)16-9-12-21(25)17(14-16)6-5-13-23-22(32(26,27)28)33(29,30)31/h7-12,14,19-20,22-25H,3-6,13H2,1-2H3,(H2,26,27,28)(H2,29,30,31). The highest BCUT2D eigenvalue weighted by molar-refractivity contribution is 7.70. The zero-order chi connectivity index (χ0) is 24.8. The monoisotopic (exact) mass is 501 g/mol. The molecule has 2 aromatic carbocycles. The van der Waals surface area contributed by atoms with Crippen LogP contribution in [0, 0.1) is 0 Å². The van der Waals surface area contributed by atoms with Gasteiger partial charge in [0.15, 0.2) is 0 Å². The number of aromatic hydroxyl groups is 2. The van der Waals surface area contributed by atoms with Crippen LogP contribution in [-0.2, 0) is 15.6 Å². The van der Waals surface area contributed by atoms with Crippen LogP contribution in [0.3, 0.4) is 0 Å². The van der Waals surface area contributed by atoms with Gasteiger partial charge in [-0.15, -0.1) is 0 Å². The molecule has 184 valence electrons. The molecule has 0 aliphatic carbocycles. The molecule has 0 aliphatic heterocycles. The summed E-state index contributed by atoms with van der Waals surface area (Å²) < 4.78 is 22.7. The van der Waals surface area contributed by atoms with Gasteiger partial charge in [-0.05, 0) is 79.0 Å². The summed E-state index contributed by atoms with van der Waals surface area (Å²) >= 11 is 0. The van der Waals surface area contributed by atoms with E-state index in [9.17, 15) is 38.9 Å². The van der Waals surface area contributed by atoms with Gasteiger partial charge in [-0.2, -0.15) is 0 Å². The lowest BCUT2D eigenvalue weighted by Gasteiger charge is -2.27. The van der Waals surface area contributed by atoms with Gasteiger partial charge in [-0.1, -0.05) is 38.1 Å². The predicted octanol–water partition coefficient (Wildman–Crippen LogP) is 3.95. The molecule has 2 rings (SSSR count). The number of aryl methyl sites for hydroxylation is 1. The van der Waals surface area contributed by atoms with Crippen LogP contribution in [-0.4, -0.2) is 41.9 Å². The van der Waals surface area contributed by atoms with Crippen molar-refractivity contribution in [3.05, 3.63) is 59.2 Å². The average molecular weight is 501 g/mol. The molecule has 0 bridgehead atoms. The zero-order valence-electron chi connectivity index (χ0n) is 18.7. The Kier molecular flexibility index (Phi) is 9.70. The van der Waals surface area contributed by atoms with Gasteiger partial charge < -0.3 is 29.8 Å². The fourth-order valence-electron chi connectivity index (χ4n) is 4.21. The third-order valence-corrected chi connectivity index (χ3v) is 9.25. The highest BCUT2D eigenvalue weighted by atomic mass is 31.2. The Labute approximate surface area is 193 Å². The first-order valence-electron chi connectivity index (χ1n) is 10.8. The van der Waals surface area contributed by atoms with Crippen LogP contribution in [0.2, 0.25) is 0 Å². The van der Waals surface area contributed by atoms with Crippen molar-refractivity contribution in [2.45, 2.75) is 56.9 Å². The van der Waals surface area contributed by atoms with E-state index >= 15 is 0 Å². The molecule has 2 atom stereocenters. The highest BCUT2D eigenvalue weighted by Gasteiger charge is 2.42. The minimum Gasteiger partial charge on any atom is -0.508 e. The van der Waals surface area contributed by atoms with Crippen LogP contribution in [0.4, 0.5) is 0 Å². The second-order valence-corrected chi connectivity index (χ2v) is 11.9. The van der Waals surface area contributed by atoms with Crippen molar-refractivity contribution in [3.8, 4) is 11.5 Å². The van der Waals surface area contributed by atoms with Crippen molar-refractivity contribution in [3.63, 3.8) is 0 Å². The lowest BCUT2D eigenvalue weighted by molar-refractivity contribution is 0.327. The van der Waals surface area contributed by atoms with Gasteiger partial charge in [0.05, 0.1) is 0 Å². The topological polar surface area (TPSA) is 168 Å². The van der Waals surface area contributed by atoms with E-state index in [0.29, 0.717) is 18.4 Å². The summed E-state index contributed by atoms with van der Waals surface area (Å²) in [5.74, 6) is 0.683. The molecule has 7 N–H and O–H groups in total. The maximum absolute atomic E-state index is 11.4. The van der Waals surface area contributed by atoms with Crippen molar-refractivity contribution in [2.75, 3.05) is 6.54 Å². The Morgan fingerprint density at radius 3 is 1.85 bits per heavy atom. The summed E-state index contributed by atoms with van der Waals surface area (Å²) in [5.41, 5.74) is 0.561. The number of phenols is 2. The molecule has 11 heteroatoms. The Morgan fingerprint density at radius 2 is 1.33 bits per heavy atom. The lowest BCUT2D eigenvalue weighted by Crippen LogP contribution is -2.30. The average Bonchev–Trinajstić information content (AvgIpc) is 2.72. The molecule has 0 spiro atoms. The first-order valence-corrected chi connectivity index (χ1v) is 14.2. The summed E-state index contributed by atoms with van der Waals surface area (Å²) in [6, 6.07) is 12.6. The minimum absolute atomic E-state index is 0.0488. The van der Waals surface area contributed by atoms with Crippen molar-refractivity contribution in [2.24, 2.45) is 0 Å². The fraction of sp³-hybridized carbons (Fsp3) is 0.455. The molecule has 33 heavy (non-hydrogen) atoms. The third kappa shape index (κ3) is 7.66. The van der Waals surface area contributed by atoms with Crippen LogP contribution < -0.4 is 5.32 Å². The first-order chi connectivity index (χ1) is 15.4. The van der Waals surface area contributed by atoms with E-state index in [4.69, 9.17) is 0 Å².